The second-order valence-corrected chi connectivity index (χ2v) is 11.8. The Morgan fingerprint density at radius 3 is 2.05 bits per heavy atom. The normalized spacial score (nSPS) is 13.5. The summed E-state index contributed by atoms with van der Waals surface area (Å²) in [5.74, 6) is -1.57. The molecule has 0 aliphatic heterocycles. The van der Waals surface area contributed by atoms with E-state index in [1.54, 1.807) is 19.2 Å². The molecule has 12 nitrogen and oxygen atoms in total. The van der Waals surface area contributed by atoms with E-state index in [9.17, 15) is 28.8 Å². The van der Waals surface area contributed by atoms with Crippen molar-refractivity contribution in [1.29, 1.82) is 5.41 Å². The zero-order valence-electron chi connectivity index (χ0n) is 25.0. The summed E-state index contributed by atoms with van der Waals surface area (Å²) in [6, 6.07) is 12.4. The molecule has 0 bridgehead atoms. The van der Waals surface area contributed by atoms with Gasteiger partial charge in [0.2, 0.25) is 23.6 Å². The van der Waals surface area contributed by atoms with E-state index in [0.717, 1.165) is 11.1 Å². The lowest BCUT2D eigenvalue weighted by atomic mass is 10.0. The van der Waals surface area contributed by atoms with Gasteiger partial charge < -0.3 is 35.8 Å². The number of hydrogen-bond acceptors (Lipinski definition) is 7. The van der Waals surface area contributed by atoms with Gasteiger partial charge in [-0.05, 0) is 30.2 Å². The number of likely N-dealkylation sites (N-methyl/N-ethyl adjacent to an activating group) is 1. The SMILES string of the molecule is CNC(=O)CCN(C)C(=O)[C@H](Cc1ccccc1)NC(=O)[C@@H](CC[S+](C)[O-])NC(=O)[C@H](Cc1ccc(O)cc1)NC(C)=N. The number of carbonyl (C=O) groups is 4. The van der Waals surface area contributed by atoms with Gasteiger partial charge in [-0.1, -0.05) is 53.6 Å². The lowest BCUT2D eigenvalue weighted by Gasteiger charge is -2.28. The van der Waals surface area contributed by atoms with Crippen LogP contribution in [0.4, 0.5) is 0 Å². The summed E-state index contributed by atoms with van der Waals surface area (Å²) < 4.78 is 11.9. The molecule has 2 aromatic carbocycles. The van der Waals surface area contributed by atoms with Crippen LogP contribution in [0.25, 0.3) is 0 Å². The number of benzene rings is 2. The molecule has 13 heteroatoms. The number of amides is 4. The average Bonchev–Trinajstić information content (AvgIpc) is 2.97. The van der Waals surface area contributed by atoms with Crippen molar-refractivity contribution in [2.24, 2.45) is 0 Å². The monoisotopic (exact) mass is 614 g/mol. The molecule has 2 rings (SSSR count). The highest BCUT2D eigenvalue weighted by Crippen LogP contribution is 2.12. The molecule has 0 radical (unpaired) electrons. The van der Waals surface area contributed by atoms with Crippen molar-refractivity contribution in [3.05, 3.63) is 65.7 Å². The maximum absolute atomic E-state index is 13.6. The zero-order valence-corrected chi connectivity index (χ0v) is 25.8. The van der Waals surface area contributed by atoms with Crippen molar-refractivity contribution in [3.63, 3.8) is 0 Å². The van der Waals surface area contributed by atoms with Crippen molar-refractivity contribution < 1.29 is 28.8 Å². The molecule has 4 atom stereocenters. The van der Waals surface area contributed by atoms with Crippen LogP contribution in [0.1, 0.15) is 30.9 Å². The van der Waals surface area contributed by atoms with Crippen LogP contribution >= 0.6 is 0 Å². The van der Waals surface area contributed by atoms with Crippen molar-refractivity contribution in [2.45, 2.75) is 50.7 Å². The summed E-state index contributed by atoms with van der Waals surface area (Å²) in [5.41, 5.74) is 1.52. The number of nitrogens with one attached hydrogen (secondary N) is 5. The number of nitrogens with zero attached hydrogens (tertiary/aromatic N) is 1. The van der Waals surface area contributed by atoms with Crippen LogP contribution in [0.15, 0.2) is 54.6 Å². The number of hydrogen-bond donors (Lipinski definition) is 6. The topological polar surface area (TPSA) is 187 Å². The minimum atomic E-state index is -1.26. The minimum Gasteiger partial charge on any atom is -0.617 e. The molecule has 2 aromatic rings. The van der Waals surface area contributed by atoms with Crippen LogP contribution in [0.3, 0.4) is 0 Å². The fourth-order valence-corrected chi connectivity index (χ4v) is 4.82. The summed E-state index contributed by atoms with van der Waals surface area (Å²) in [6.45, 7) is 1.63. The smallest absolute Gasteiger partial charge is 0.245 e. The van der Waals surface area contributed by atoms with Crippen molar-refractivity contribution in [2.75, 3.05) is 32.6 Å². The summed E-state index contributed by atoms with van der Waals surface area (Å²) >= 11 is -1.26. The van der Waals surface area contributed by atoms with Crippen molar-refractivity contribution in [1.82, 2.24) is 26.2 Å². The molecule has 0 saturated carbocycles. The Morgan fingerprint density at radius 2 is 1.47 bits per heavy atom. The molecular weight excluding hydrogens is 572 g/mol. The molecule has 0 aliphatic carbocycles. The van der Waals surface area contributed by atoms with E-state index in [0.29, 0.717) is 0 Å². The van der Waals surface area contributed by atoms with Crippen LogP contribution in [0, 0.1) is 5.41 Å². The lowest BCUT2D eigenvalue weighted by molar-refractivity contribution is -0.137. The highest BCUT2D eigenvalue weighted by atomic mass is 32.2. The molecule has 0 saturated heterocycles. The van der Waals surface area contributed by atoms with Gasteiger partial charge in [-0.15, -0.1) is 0 Å². The predicted octanol–water partition coefficient (Wildman–Crippen LogP) is 0.465. The number of phenols is 1. The predicted molar refractivity (Wildman–Crippen MR) is 166 cm³/mol. The first-order valence-corrected chi connectivity index (χ1v) is 15.6. The molecule has 6 N–H and O–H groups in total. The molecule has 1 unspecified atom stereocenters. The third-order valence-electron chi connectivity index (χ3n) is 6.64. The second kappa shape index (κ2) is 17.8. The van der Waals surface area contributed by atoms with E-state index in [2.05, 4.69) is 21.3 Å². The van der Waals surface area contributed by atoms with Gasteiger partial charge in [0.15, 0.2) is 0 Å². The van der Waals surface area contributed by atoms with E-state index in [-0.39, 0.29) is 55.5 Å². The van der Waals surface area contributed by atoms with E-state index < -0.39 is 47.0 Å². The maximum atomic E-state index is 13.6. The Hall–Kier alpha value is -4.10. The third kappa shape index (κ3) is 12.7. The van der Waals surface area contributed by atoms with Crippen molar-refractivity contribution in [3.8, 4) is 5.75 Å². The third-order valence-corrected chi connectivity index (χ3v) is 7.45. The standard InChI is InChI=1S/C30H42N6O6S/c1-20(31)33-25(18-22-10-12-23(37)13-11-22)29(40)34-24(15-17-43(4)42)28(39)35-26(19-21-8-6-5-7-9-21)30(41)36(3)16-14-27(38)32-2/h5-13,24-26,37H,14-19H2,1-4H3,(H2,31,33)(H,32,38)(H,34,40)(H,35,39)/t24-,25+,26+,43?/m1/s1. The molecule has 0 heterocycles. The van der Waals surface area contributed by atoms with E-state index in [1.165, 1.54) is 37.3 Å². The first-order chi connectivity index (χ1) is 20.4. The number of carbonyl (C=O) groups excluding carboxylic acids is 4. The molecular formula is C30H42N6O6S. The van der Waals surface area contributed by atoms with Gasteiger partial charge in [0, 0.05) is 46.3 Å². The number of rotatable bonds is 16. The van der Waals surface area contributed by atoms with Crippen LogP contribution in [0.2, 0.25) is 0 Å². The Balaban J connectivity index is 2.27. The van der Waals surface area contributed by atoms with Crippen LogP contribution in [-0.2, 0) is 43.2 Å². The first-order valence-electron chi connectivity index (χ1n) is 13.9. The van der Waals surface area contributed by atoms with Gasteiger partial charge in [0.05, 0.1) is 12.1 Å². The van der Waals surface area contributed by atoms with Crippen LogP contribution in [-0.4, -0.2) is 94.8 Å². The summed E-state index contributed by atoms with van der Waals surface area (Å²) in [5, 5.41) is 28.3. The number of amidine groups is 1. The average molecular weight is 615 g/mol. The quantitative estimate of drug-likeness (QED) is 0.0901. The first kappa shape index (κ1) is 35.1. The summed E-state index contributed by atoms with van der Waals surface area (Å²) in [6.07, 6.45) is 1.98. The summed E-state index contributed by atoms with van der Waals surface area (Å²) in [4.78, 5) is 53.6. The van der Waals surface area contributed by atoms with Crippen molar-refractivity contribution >= 4 is 40.6 Å². The van der Waals surface area contributed by atoms with Gasteiger partial charge in [0.25, 0.3) is 0 Å². The van der Waals surface area contributed by atoms with E-state index in [1.807, 2.05) is 30.3 Å². The lowest BCUT2D eigenvalue weighted by Crippen LogP contribution is -2.57. The van der Waals surface area contributed by atoms with Gasteiger partial charge in [-0.25, -0.2) is 0 Å². The summed E-state index contributed by atoms with van der Waals surface area (Å²) in [7, 11) is 3.06. The van der Waals surface area contributed by atoms with Crippen LogP contribution < -0.4 is 21.3 Å². The van der Waals surface area contributed by atoms with E-state index in [4.69, 9.17) is 5.41 Å². The molecule has 234 valence electrons. The Bertz CT molecular complexity index is 1230. The minimum absolute atomic E-state index is 0.0444. The fraction of sp³-hybridized carbons (Fsp3) is 0.433. The second-order valence-electron chi connectivity index (χ2n) is 10.3. The van der Waals surface area contributed by atoms with Gasteiger partial charge in [0.1, 0.15) is 29.6 Å². The molecule has 43 heavy (non-hydrogen) atoms. The number of aromatic hydroxyl groups is 1. The molecule has 0 aliphatic rings. The fourth-order valence-electron chi connectivity index (χ4n) is 4.26. The zero-order chi connectivity index (χ0) is 31.9. The molecule has 4 amide bonds. The van der Waals surface area contributed by atoms with E-state index >= 15 is 0 Å². The largest absolute Gasteiger partial charge is 0.617 e. The Kier molecular flexibility index (Phi) is 14.5. The highest BCUT2D eigenvalue weighted by molar-refractivity contribution is 7.90. The van der Waals surface area contributed by atoms with Gasteiger partial charge in [-0.3, -0.25) is 24.6 Å². The molecule has 0 aromatic heterocycles. The Labute approximate surface area is 255 Å². The maximum Gasteiger partial charge on any atom is 0.245 e. The number of phenolic OH excluding ortho intramolecular Hbond substituents is 1. The van der Waals surface area contributed by atoms with Gasteiger partial charge in [-0.2, -0.15) is 0 Å². The molecule has 0 fully saturated rings. The highest BCUT2D eigenvalue weighted by Gasteiger charge is 2.31. The Morgan fingerprint density at radius 1 is 0.907 bits per heavy atom. The van der Waals surface area contributed by atoms with Gasteiger partial charge >= 0.3 is 0 Å². The van der Waals surface area contributed by atoms with Crippen LogP contribution in [0.5, 0.6) is 5.75 Å². The molecule has 0 spiro atoms.